The molecule has 0 unspecified atom stereocenters. The van der Waals surface area contributed by atoms with Crippen molar-refractivity contribution in [3.05, 3.63) is 18.2 Å². The molecule has 0 fully saturated rings. The lowest BCUT2D eigenvalue weighted by Crippen LogP contribution is -1.67. The van der Waals surface area contributed by atoms with Crippen molar-refractivity contribution in [2.75, 3.05) is 0 Å². The first-order chi connectivity index (χ1) is 3.93. The lowest BCUT2D eigenvalue weighted by atomic mass is 10.5. The van der Waals surface area contributed by atoms with Gasteiger partial charge in [0.05, 0.1) is 12.5 Å². The van der Waals surface area contributed by atoms with Gasteiger partial charge in [0, 0.05) is 0 Å². The summed E-state index contributed by atoms with van der Waals surface area (Å²) in [6.45, 7) is 0. The summed E-state index contributed by atoms with van der Waals surface area (Å²) in [5.41, 5.74) is 0.618. The SMILES string of the molecule is Cl.OC#Cc1cnc[nH]1. The fourth-order valence-corrected chi connectivity index (χ4v) is 0.384. The normalized spacial score (nSPS) is 6.67. The van der Waals surface area contributed by atoms with E-state index in [1.54, 1.807) is 6.11 Å². The topological polar surface area (TPSA) is 48.9 Å². The molecule has 0 saturated heterocycles. The average molecular weight is 145 g/mol. The smallest absolute Gasteiger partial charge is 0.114 e. The summed E-state index contributed by atoms with van der Waals surface area (Å²) in [6, 6.07) is 0. The van der Waals surface area contributed by atoms with Crippen LogP contribution in [0.1, 0.15) is 5.69 Å². The van der Waals surface area contributed by atoms with Crippen LogP contribution in [0.15, 0.2) is 12.5 Å². The summed E-state index contributed by atoms with van der Waals surface area (Å²) in [7, 11) is 0. The molecular formula is C5H5ClN2O. The molecule has 1 heterocycles. The molecule has 0 aromatic carbocycles. The standard InChI is InChI=1S/C5H4N2O.ClH/c8-2-1-5-3-6-4-7-5;/h3-4,8H,(H,6,7);1H. The molecule has 0 amide bonds. The van der Waals surface area contributed by atoms with Gasteiger partial charge in [-0.25, -0.2) is 4.98 Å². The van der Waals surface area contributed by atoms with E-state index < -0.39 is 0 Å². The number of imidazole rings is 1. The molecule has 1 rings (SSSR count). The second-order valence-electron chi connectivity index (χ2n) is 1.20. The molecule has 0 atom stereocenters. The molecule has 9 heavy (non-hydrogen) atoms. The zero-order valence-corrected chi connectivity index (χ0v) is 5.27. The molecule has 0 spiro atoms. The van der Waals surface area contributed by atoms with Crippen molar-refractivity contribution in [2.45, 2.75) is 0 Å². The van der Waals surface area contributed by atoms with Gasteiger partial charge in [-0.1, -0.05) is 0 Å². The Hall–Kier alpha value is -1.14. The predicted molar refractivity (Wildman–Crippen MR) is 34.6 cm³/mol. The van der Waals surface area contributed by atoms with Crippen LogP contribution in [0.5, 0.6) is 0 Å². The van der Waals surface area contributed by atoms with Gasteiger partial charge in [0.25, 0.3) is 0 Å². The van der Waals surface area contributed by atoms with Gasteiger partial charge >= 0.3 is 0 Å². The number of nitrogens with zero attached hydrogens (tertiary/aromatic N) is 1. The van der Waals surface area contributed by atoms with Gasteiger partial charge in [-0.3, -0.25) is 0 Å². The van der Waals surface area contributed by atoms with Gasteiger partial charge in [0.2, 0.25) is 0 Å². The van der Waals surface area contributed by atoms with Crippen molar-refractivity contribution >= 4 is 12.4 Å². The van der Waals surface area contributed by atoms with E-state index in [9.17, 15) is 0 Å². The summed E-state index contributed by atoms with van der Waals surface area (Å²) in [5, 5.41) is 8.03. The van der Waals surface area contributed by atoms with Gasteiger partial charge in [0.15, 0.2) is 0 Å². The minimum absolute atomic E-state index is 0. The van der Waals surface area contributed by atoms with E-state index in [-0.39, 0.29) is 12.4 Å². The van der Waals surface area contributed by atoms with Crippen LogP contribution in [0.3, 0.4) is 0 Å². The highest BCUT2D eigenvalue weighted by atomic mass is 35.5. The first-order valence-corrected chi connectivity index (χ1v) is 2.07. The summed E-state index contributed by atoms with van der Waals surface area (Å²) in [6.07, 6.45) is 4.78. The molecule has 2 N–H and O–H groups in total. The largest absolute Gasteiger partial charge is 0.462 e. The minimum atomic E-state index is 0. The number of aliphatic hydroxyl groups excluding tert-OH is 1. The van der Waals surface area contributed by atoms with E-state index in [1.807, 2.05) is 0 Å². The van der Waals surface area contributed by atoms with Gasteiger partial charge in [-0.05, 0) is 5.92 Å². The third-order valence-electron chi connectivity index (χ3n) is 0.689. The Morgan fingerprint density at radius 2 is 2.44 bits per heavy atom. The Balaban J connectivity index is 0.000000640. The van der Waals surface area contributed by atoms with Gasteiger partial charge in [-0.2, -0.15) is 0 Å². The molecule has 0 radical (unpaired) electrons. The molecule has 0 aliphatic rings. The third-order valence-corrected chi connectivity index (χ3v) is 0.689. The molecule has 48 valence electrons. The number of H-pyrrole nitrogens is 1. The Labute approximate surface area is 58.5 Å². The number of hydrogen-bond donors (Lipinski definition) is 2. The highest BCUT2D eigenvalue weighted by Crippen LogP contribution is 1.83. The van der Waals surface area contributed by atoms with Crippen molar-refractivity contribution in [2.24, 2.45) is 0 Å². The van der Waals surface area contributed by atoms with Crippen LogP contribution in [0, 0.1) is 12.0 Å². The Morgan fingerprint density at radius 3 is 2.89 bits per heavy atom. The van der Waals surface area contributed by atoms with Gasteiger partial charge in [-0.15, -0.1) is 12.4 Å². The van der Waals surface area contributed by atoms with Crippen LogP contribution in [-0.4, -0.2) is 15.1 Å². The summed E-state index contributed by atoms with van der Waals surface area (Å²) >= 11 is 0. The van der Waals surface area contributed by atoms with Gasteiger partial charge < -0.3 is 10.1 Å². The quantitative estimate of drug-likeness (QED) is 0.522. The number of halogens is 1. The summed E-state index contributed by atoms with van der Waals surface area (Å²) in [4.78, 5) is 6.36. The van der Waals surface area contributed by atoms with Crippen molar-refractivity contribution in [1.82, 2.24) is 9.97 Å². The Kier molecular flexibility index (Phi) is 3.33. The Bertz CT molecular complexity index is 209. The zero-order chi connectivity index (χ0) is 5.82. The fraction of sp³-hybridized carbons (Fsp3) is 0. The van der Waals surface area contributed by atoms with Gasteiger partial charge in [0.1, 0.15) is 11.8 Å². The maximum Gasteiger partial charge on any atom is 0.114 e. The lowest BCUT2D eigenvalue weighted by molar-refractivity contribution is 0.517. The van der Waals surface area contributed by atoms with Crippen LogP contribution < -0.4 is 0 Å². The first kappa shape index (κ1) is 7.86. The van der Waals surface area contributed by atoms with E-state index in [1.165, 1.54) is 12.5 Å². The van der Waals surface area contributed by atoms with Crippen LogP contribution in [-0.2, 0) is 0 Å². The van der Waals surface area contributed by atoms with E-state index in [2.05, 4.69) is 15.9 Å². The second kappa shape index (κ2) is 3.81. The summed E-state index contributed by atoms with van der Waals surface area (Å²) < 4.78 is 0. The zero-order valence-electron chi connectivity index (χ0n) is 4.46. The van der Waals surface area contributed by atoms with Crippen LogP contribution >= 0.6 is 12.4 Å². The average Bonchev–Trinajstić information content (AvgIpc) is 2.19. The number of rotatable bonds is 0. The maximum absolute atomic E-state index is 8.03. The van der Waals surface area contributed by atoms with Crippen molar-refractivity contribution < 1.29 is 5.11 Å². The number of nitrogens with one attached hydrogen (secondary N) is 1. The first-order valence-electron chi connectivity index (χ1n) is 2.07. The van der Waals surface area contributed by atoms with E-state index in [0.717, 1.165) is 0 Å². The summed E-state index contributed by atoms with van der Waals surface area (Å²) in [5.74, 6) is 2.38. The van der Waals surface area contributed by atoms with E-state index >= 15 is 0 Å². The molecule has 0 saturated carbocycles. The second-order valence-corrected chi connectivity index (χ2v) is 1.20. The number of aliphatic hydroxyl groups is 1. The fourth-order valence-electron chi connectivity index (χ4n) is 0.384. The highest BCUT2D eigenvalue weighted by Gasteiger charge is 1.80. The molecule has 0 aliphatic heterocycles. The Morgan fingerprint density at radius 1 is 1.67 bits per heavy atom. The van der Waals surface area contributed by atoms with Crippen molar-refractivity contribution in [3.8, 4) is 12.0 Å². The molecule has 0 bridgehead atoms. The maximum atomic E-state index is 8.03. The van der Waals surface area contributed by atoms with Crippen molar-refractivity contribution in [1.29, 1.82) is 0 Å². The third kappa shape index (κ3) is 2.06. The van der Waals surface area contributed by atoms with Crippen molar-refractivity contribution in [3.63, 3.8) is 0 Å². The number of hydrogen-bond acceptors (Lipinski definition) is 2. The van der Waals surface area contributed by atoms with E-state index in [0.29, 0.717) is 5.69 Å². The van der Waals surface area contributed by atoms with Crippen LogP contribution in [0.2, 0.25) is 0 Å². The molecular weight excluding hydrogens is 140 g/mol. The number of aromatic amines is 1. The number of aromatic nitrogens is 2. The predicted octanol–water partition coefficient (Wildman–Crippen LogP) is 0.513. The van der Waals surface area contributed by atoms with Crippen LogP contribution in [0.4, 0.5) is 0 Å². The van der Waals surface area contributed by atoms with E-state index in [4.69, 9.17) is 5.11 Å². The molecule has 1 aromatic rings. The minimum Gasteiger partial charge on any atom is -0.462 e. The highest BCUT2D eigenvalue weighted by molar-refractivity contribution is 5.85. The molecule has 1 aromatic heterocycles. The molecule has 0 aliphatic carbocycles. The molecule has 3 nitrogen and oxygen atoms in total. The molecule has 4 heteroatoms. The monoisotopic (exact) mass is 144 g/mol. The van der Waals surface area contributed by atoms with Crippen LogP contribution in [0.25, 0.3) is 0 Å². The lowest BCUT2D eigenvalue weighted by Gasteiger charge is -1.69.